The summed E-state index contributed by atoms with van der Waals surface area (Å²) in [6.07, 6.45) is 0. The van der Waals surface area contributed by atoms with Crippen molar-refractivity contribution in [3.8, 4) is 0 Å². The number of halogens is 2. The molecule has 1 heterocycles. The maximum atomic E-state index is 13.0. The maximum Gasteiger partial charge on any atom is 0.141 e. The van der Waals surface area contributed by atoms with Crippen molar-refractivity contribution in [1.82, 2.24) is 9.97 Å². The van der Waals surface area contributed by atoms with Gasteiger partial charge >= 0.3 is 0 Å². The van der Waals surface area contributed by atoms with Gasteiger partial charge in [0.05, 0.1) is 5.02 Å². The van der Waals surface area contributed by atoms with E-state index >= 15 is 0 Å². The van der Waals surface area contributed by atoms with Crippen LogP contribution in [0.3, 0.4) is 0 Å². The van der Waals surface area contributed by atoms with Gasteiger partial charge in [0, 0.05) is 18.8 Å². The monoisotopic (exact) mass is 266 g/mol. The van der Waals surface area contributed by atoms with Crippen LogP contribution in [0.5, 0.6) is 0 Å². The molecule has 1 aromatic heterocycles. The smallest absolute Gasteiger partial charge is 0.141 e. The van der Waals surface area contributed by atoms with Crippen molar-refractivity contribution in [3.63, 3.8) is 0 Å². The lowest BCUT2D eigenvalue weighted by Crippen LogP contribution is -2.01. The molecule has 18 heavy (non-hydrogen) atoms. The highest BCUT2D eigenvalue weighted by molar-refractivity contribution is 6.31. The summed E-state index contributed by atoms with van der Waals surface area (Å²) < 4.78 is 13.0. The molecule has 0 fully saturated rings. The highest BCUT2D eigenvalue weighted by atomic mass is 35.5. The molecular weight excluding hydrogens is 255 g/mol. The molecule has 0 aliphatic carbocycles. The zero-order chi connectivity index (χ0) is 13.1. The summed E-state index contributed by atoms with van der Waals surface area (Å²) in [4.78, 5) is 8.41. The summed E-state index contributed by atoms with van der Waals surface area (Å²) in [5.41, 5.74) is 0.668. The van der Waals surface area contributed by atoms with Crippen LogP contribution in [0.15, 0.2) is 24.3 Å². The third-order valence-corrected chi connectivity index (χ3v) is 2.58. The molecule has 4 nitrogen and oxygen atoms in total. The van der Waals surface area contributed by atoms with Crippen molar-refractivity contribution in [1.29, 1.82) is 0 Å². The maximum absolute atomic E-state index is 13.0. The zero-order valence-corrected chi connectivity index (χ0v) is 10.7. The summed E-state index contributed by atoms with van der Waals surface area (Å²) in [6.45, 7) is 1.80. The molecule has 0 amide bonds. The van der Waals surface area contributed by atoms with E-state index in [0.717, 1.165) is 0 Å². The van der Waals surface area contributed by atoms with E-state index in [0.29, 0.717) is 23.1 Å². The average Bonchev–Trinajstić information content (AvgIpc) is 2.33. The molecule has 0 aliphatic rings. The van der Waals surface area contributed by atoms with Gasteiger partial charge < -0.3 is 10.6 Å². The number of nitrogens with zero attached hydrogens (tertiary/aromatic N) is 2. The Morgan fingerprint density at radius 3 is 2.56 bits per heavy atom. The van der Waals surface area contributed by atoms with Crippen molar-refractivity contribution in [3.05, 3.63) is 40.9 Å². The van der Waals surface area contributed by atoms with Gasteiger partial charge in [-0.05, 0) is 25.1 Å². The van der Waals surface area contributed by atoms with Crippen LogP contribution in [0.4, 0.5) is 21.7 Å². The Bertz CT molecular complexity index is 574. The number of aromatic nitrogens is 2. The van der Waals surface area contributed by atoms with Crippen LogP contribution < -0.4 is 10.6 Å². The van der Waals surface area contributed by atoms with Gasteiger partial charge in [0.1, 0.15) is 23.3 Å². The van der Waals surface area contributed by atoms with Crippen LogP contribution in [0.1, 0.15) is 5.82 Å². The molecule has 0 aliphatic heterocycles. The second kappa shape index (κ2) is 5.18. The predicted octanol–water partition coefficient (Wildman–Crippen LogP) is 3.36. The van der Waals surface area contributed by atoms with E-state index in [1.807, 2.05) is 0 Å². The number of nitrogens with one attached hydrogen (secondary N) is 2. The Morgan fingerprint density at radius 2 is 1.89 bits per heavy atom. The first-order valence-corrected chi connectivity index (χ1v) is 5.72. The molecule has 0 atom stereocenters. The van der Waals surface area contributed by atoms with Gasteiger partial charge in [-0.2, -0.15) is 0 Å². The van der Waals surface area contributed by atoms with Gasteiger partial charge in [0.2, 0.25) is 0 Å². The van der Waals surface area contributed by atoms with E-state index in [1.165, 1.54) is 12.1 Å². The van der Waals surface area contributed by atoms with E-state index < -0.39 is 5.82 Å². The molecule has 94 valence electrons. The molecule has 2 N–H and O–H groups in total. The lowest BCUT2D eigenvalue weighted by molar-refractivity contribution is 0.628. The number of rotatable bonds is 3. The minimum absolute atomic E-state index is 0.0691. The summed E-state index contributed by atoms with van der Waals surface area (Å²) in [5, 5.41) is 6.05. The number of anilines is 3. The lowest BCUT2D eigenvalue weighted by Gasteiger charge is -2.08. The molecule has 0 bridgehead atoms. The molecule has 0 unspecified atom stereocenters. The quantitative estimate of drug-likeness (QED) is 0.894. The topological polar surface area (TPSA) is 49.8 Å². The fourth-order valence-electron chi connectivity index (χ4n) is 1.48. The van der Waals surface area contributed by atoms with Gasteiger partial charge in [0.15, 0.2) is 0 Å². The van der Waals surface area contributed by atoms with E-state index in [-0.39, 0.29) is 5.02 Å². The van der Waals surface area contributed by atoms with Gasteiger partial charge in [-0.3, -0.25) is 0 Å². The van der Waals surface area contributed by atoms with Crippen LogP contribution in [0.2, 0.25) is 5.02 Å². The van der Waals surface area contributed by atoms with Gasteiger partial charge in [0.25, 0.3) is 0 Å². The lowest BCUT2D eigenvalue weighted by atomic mass is 10.3. The molecule has 6 heteroatoms. The minimum Gasteiger partial charge on any atom is -0.373 e. The fourth-order valence-corrected chi connectivity index (χ4v) is 1.66. The van der Waals surface area contributed by atoms with E-state index in [4.69, 9.17) is 11.6 Å². The van der Waals surface area contributed by atoms with E-state index in [2.05, 4.69) is 20.6 Å². The van der Waals surface area contributed by atoms with E-state index in [9.17, 15) is 4.39 Å². The molecule has 2 rings (SSSR count). The summed E-state index contributed by atoms with van der Waals surface area (Å²) >= 11 is 5.71. The molecule has 0 saturated heterocycles. The van der Waals surface area contributed by atoms with E-state index in [1.54, 1.807) is 26.1 Å². The second-order valence-corrected chi connectivity index (χ2v) is 4.10. The molecule has 0 saturated carbocycles. The van der Waals surface area contributed by atoms with Crippen molar-refractivity contribution in [2.45, 2.75) is 6.92 Å². The standard InChI is InChI=1S/C12H12ClFN4/c1-7-16-11(15-2)6-12(17-7)18-8-3-4-10(14)9(13)5-8/h3-6H,1-2H3,(H2,15,16,17,18). The number of benzene rings is 1. The highest BCUT2D eigenvalue weighted by Crippen LogP contribution is 2.22. The van der Waals surface area contributed by atoms with Gasteiger partial charge in [-0.15, -0.1) is 0 Å². The Balaban J connectivity index is 2.27. The average molecular weight is 267 g/mol. The van der Waals surface area contributed by atoms with Crippen molar-refractivity contribution in [2.75, 3.05) is 17.7 Å². The predicted molar refractivity (Wildman–Crippen MR) is 71.0 cm³/mol. The van der Waals surface area contributed by atoms with Gasteiger partial charge in [-0.25, -0.2) is 14.4 Å². The first-order valence-electron chi connectivity index (χ1n) is 5.34. The van der Waals surface area contributed by atoms with Crippen molar-refractivity contribution >= 4 is 28.9 Å². The summed E-state index contributed by atoms with van der Waals surface area (Å²) in [5.74, 6) is 1.52. The number of hydrogen-bond acceptors (Lipinski definition) is 4. The number of aryl methyl sites for hydroxylation is 1. The number of hydrogen-bond donors (Lipinski definition) is 2. The Morgan fingerprint density at radius 1 is 1.17 bits per heavy atom. The van der Waals surface area contributed by atoms with Crippen LogP contribution >= 0.6 is 11.6 Å². The Hall–Kier alpha value is -1.88. The van der Waals surface area contributed by atoms with Crippen LogP contribution in [0, 0.1) is 12.7 Å². The van der Waals surface area contributed by atoms with Crippen LogP contribution in [-0.4, -0.2) is 17.0 Å². The van der Waals surface area contributed by atoms with Crippen molar-refractivity contribution < 1.29 is 4.39 Å². The van der Waals surface area contributed by atoms with Gasteiger partial charge in [-0.1, -0.05) is 11.6 Å². The fraction of sp³-hybridized carbons (Fsp3) is 0.167. The second-order valence-electron chi connectivity index (χ2n) is 3.69. The molecule has 0 spiro atoms. The Kier molecular flexibility index (Phi) is 3.62. The molecule has 2 aromatic rings. The molecular formula is C12H12ClFN4. The third kappa shape index (κ3) is 2.87. The molecule has 1 aromatic carbocycles. The zero-order valence-electron chi connectivity index (χ0n) is 9.96. The highest BCUT2D eigenvalue weighted by Gasteiger charge is 2.04. The third-order valence-electron chi connectivity index (χ3n) is 2.29. The van der Waals surface area contributed by atoms with Crippen LogP contribution in [0.25, 0.3) is 0 Å². The summed E-state index contributed by atoms with van der Waals surface area (Å²) in [6, 6.07) is 6.16. The minimum atomic E-state index is -0.447. The molecule has 0 radical (unpaired) electrons. The largest absolute Gasteiger partial charge is 0.373 e. The first-order chi connectivity index (χ1) is 8.58. The van der Waals surface area contributed by atoms with Crippen LogP contribution in [-0.2, 0) is 0 Å². The Labute approximate surface area is 109 Å². The summed E-state index contributed by atoms with van der Waals surface area (Å²) in [7, 11) is 1.78. The first kappa shape index (κ1) is 12.6. The van der Waals surface area contributed by atoms with Crippen molar-refractivity contribution in [2.24, 2.45) is 0 Å². The normalized spacial score (nSPS) is 10.2. The SMILES string of the molecule is CNc1cc(Nc2ccc(F)c(Cl)c2)nc(C)n1.